The zero-order valence-corrected chi connectivity index (χ0v) is 14.8. The van der Waals surface area contributed by atoms with Crippen molar-refractivity contribution in [1.29, 1.82) is 0 Å². The van der Waals surface area contributed by atoms with Gasteiger partial charge in [0.25, 0.3) is 5.56 Å². The number of fused-ring (bicyclic) bond motifs is 1. The van der Waals surface area contributed by atoms with Gasteiger partial charge in [-0.3, -0.25) is 19.1 Å². The zero-order valence-electron chi connectivity index (χ0n) is 14.0. The normalized spacial score (nSPS) is 18.8. The third kappa shape index (κ3) is 4.02. The lowest BCUT2D eigenvalue weighted by molar-refractivity contribution is -0.121. The molecule has 0 bridgehead atoms. The van der Waals surface area contributed by atoms with E-state index in [4.69, 9.17) is 0 Å². The van der Waals surface area contributed by atoms with Gasteiger partial charge in [-0.1, -0.05) is 6.42 Å². The van der Waals surface area contributed by atoms with Gasteiger partial charge in [0.1, 0.15) is 4.83 Å². The summed E-state index contributed by atoms with van der Waals surface area (Å²) in [6.07, 6.45) is 5.63. The number of likely N-dealkylation sites (tertiary alicyclic amines) is 1. The Kier molecular flexibility index (Phi) is 5.63. The standard InChI is InChI=1S/C17H24N4O2S/c1-13-4-2-3-8-20(13)10-7-18-15(22)5-9-21-12-19-16-14(17(21)23)6-11-24-16/h6,11-13H,2-5,7-10H2,1H3,(H,18,22)/t13-/m0/s1. The summed E-state index contributed by atoms with van der Waals surface area (Å²) >= 11 is 1.45. The smallest absolute Gasteiger partial charge is 0.262 e. The van der Waals surface area contributed by atoms with E-state index < -0.39 is 0 Å². The fourth-order valence-corrected chi connectivity index (χ4v) is 3.92. The Morgan fingerprint density at radius 2 is 2.29 bits per heavy atom. The lowest BCUT2D eigenvalue weighted by Crippen LogP contribution is -2.42. The highest BCUT2D eigenvalue weighted by Crippen LogP contribution is 2.15. The van der Waals surface area contributed by atoms with Crippen LogP contribution in [-0.2, 0) is 11.3 Å². The van der Waals surface area contributed by atoms with Gasteiger partial charge in [-0.05, 0) is 37.8 Å². The Hall–Kier alpha value is -1.73. The number of piperidine rings is 1. The van der Waals surface area contributed by atoms with E-state index in [1.54, 1.807) is 6.07 Å². The zero-order chi connectivity index (χ0) is 16.9. The second-order valence-corrected chi connectivity index (χ2v) is 7.26. The van der Waals surface area contributed by atoms with E-state index in [0.29, 0.717) is 30.9 Å². The topological polar surface area (TPSA) is 67.2 Å². The van der Waals surface area contributed by atoms with Crippen molar-refractivity contribution in [1.82, 2.24) is 19.8 Å². The van der Waals surface area contributed by atoms with Crippen molar-refractivity contribution in [3.63, 3.8) is 0 Å². The average Bonchev–Trinajstić information content (AvgIpc) is 3.05. The Bertz CT molecular complexity index is 754. The predicted octanol–water partition coefficient (Wildman–Crippen LogP) is 1.84. The fourth-order valence-electron chi connectivity index (χ4n) is 3.19. The molecule has 130 valence electrons. The third-order valence-corrected chi connectivity index (χ3v) is 5.51. The number of hydrogen-bond donors (Lipinski definition) is 1. The number of nitrogens with one attached hydrogen (secondary N) is 1. The second kappa shape index (κ2) is 7.90. The van der Waals surface area contributed by atoms with Crippen molar-refractivity contribution in [2.75, 3.05) is 19.6 Å². The second-order valence-electron chi connectivity index (χ2n) is 6.36. The summed E-state index contributed by atoms with van der Waals surface area (Å²) < 4.78 is 1.52. The van der Waals surface area contributed by atoms with Crippen LogP contribution in [0.5, 0.6) is 0 Å². The molecule has 1 saturated heterocycles. The van der Waals surface area contributed by atoms with E-state index in [2.05, 4.69) is 22.1 Å². The minimum absolute atomic E-state index is 0.0167. The summed E-state index contributed by atoms with van der Waals surface area (Å²) in [5, 5.41) is 5.44. The van der Waals surface area contributed by atoms with Crippen molar-refractivity contribution in [3.8, 4) is 0 Å². The number of nitrogens with zero attached hydrogens (tertiary/aromatic N) is 3. The summed E-state index contributed by atoms with van der Waals surface area (Å²) in [6.45, 7) is 5.30. The molecular weight excluding hydrogens is 324 g/mol. The van der Waals surface area contributed by atoms with Gasteiger partial charge in [0.2, 0.25) is 5.91 Å². The molecule has 7 heteroatoms. The van der Waals surface area contributed by atoms with Crippen LogP contribution in [0.1, 0.15) is 32.6 Å². The monoisotopic (exact) mass is 348 g/mol. The molecule has 0 radical (unpaired) electrons. The first-order chi connectivity index (χ1) is 11.6. The molecule has 1 atom stereocenters. The molecule has 1 aliphatic rings. The SMILES string of the molecule is C[C@H]1CCCCN1CCNC(=O)CCn1cnc2sccc2c1=O. The number of carbonyl (C=O) groups excluding carboxylic acids is 1. The molecule has 6 nitrogen and oxygen atoms in total. The number of thiophene rings is 1. The van der Waals surface area contributed by atoms with Crippen LogP contribution in [-0.4, -0.2) is 46.0 Å². The minimum atomic E-state index is -0.0730. The molecule has 0 saturated carbocycles. The Labute approximate surface area is 145 Å². The molecule has 1 fully saturated rings. The van der Waals surface area contributed by atoms with Gasteiger partial charge in [-0.15, -0.1) is 11.3 Å². The first kappa shape index (κ1) is 17.1. The minimum Gasteiger partial charge on any atom is -0.355 e. The molecule has 2 aromatic heterocycles. The molecule has 24 heavy (non-hydrogen) atoms. The maximum Gasteiger partial charge on any atom is 0.262 e. The van der Waals surface area contributed by atoms with Crippen LogP contribution >= 0.6 is 11.3 Å². The molecule has 0 unspecified atom stereocenters. The Morgan fingerprint density at radius 3 is 3.12 bits per heavy atom. The van der Waals surface area contributed by atoms with E-state index in [1.807, 2.05) is 5.38 Å². The molecule has 1 aliphatic heterocycles. The maximum absolute atomic E-state index is 12.2. The highest BCUT2D eigenvalue weighted by atomic mass is 32.1. The first-order valence-electron chi connectivity index (χ1n) is 8.58. The molecular formula is C17H24N4O2S. The number of hydrogen-bond acceptors (Lipinski definition) is 5. The van der Waals surface area contributed by atoms with Crippen molar-refractivity contribution in [2.45, 2.75) is 45.2 Å². The first-order valence-corrected chi connectivity index (χ1v) is 9.46. The summed E-state index contributed by atoms with van der Waals surface area (Å²) in [7, 11) is 0. The lowest BCUT2D eigenvalue weighted by atomic mass is 10.0. The highest BCUT2D eigenvalue weighted by molar-refractivity contribution is 7.16. The lowest BCUT2D eigenvalue weighted by Gasteiger charge is -2.33. The molecule has 2 aromatic rings. The van der Waals surface area contributed by atoms with E-state index >= 15 is 0 Å². The summed E-state index contributed by atoms with van der Waals surface area (Å²) in [5.41, 5.74) is -0.0730. The van der Waals surface area contributed by atoms with Crippen LogP contribution in [0.3, 0.4) is 0 Å². The van der Waals surface area contributed by atoms with Gasteiger partial charge < -0.3 is 5.32 Å². The van der Waals surface area contributed by atoms with E-state index in [0.717, 1.165) is 17.9 Å². The van der Waals surface area contributed by atoms with E-state index in [-0.39, 0.29) is 11.5 Å². The molecule has 0 aliphatic carbocycles. The largest absolute Gasteiger partial charge is 0.355 e. The van der Waals surface area contributed by atoms with Crippen LogP contribution in [0.4, 0.5) is 0 Å². The third-order valence-electron chi connectivity index (χ3n) is 4.69. The molecule has 3 heterocycles. The van der Waals surface area contributed by atoms with Gasteiger partial charge in [0, 0.05) is 32.1 Å². The van der Waals surface area contributed by atoms with Crippen LogP contribution in [0, 0.1) is 0 Å². The maximum atomic E-state index is 12.2. The van der Waals surface area contributed by atoms with Gasteiger partial charge in [-0.2, -0.15) is 0 Å². The van der Waals surface area contributed by atoms with Crippen molar-refractivity contribution < 1.29 is 4.79 Å². The number of aryl methyl sites for hydroxylation is 1. The molecule has 0 aromatic carbocycles. The van der Waals surface area contributed by atoms with E-state index in [1.165, 1.54) is 41.5 Å². The van der Waals surface area contributed by atoms with Crippen molar-refractivity contribution in [2.24, 2.45) is 0 Å². The van der Waals surface area contributed by atoms with Crippen LogP contribution < -0.4 is 10.9 Å². The van der Waals surface area contributed by atoms with E-state index in [9.17, 15) is 9.59 Å². The molecule has 3 rings (SSSR count). The van der Waals surface area contributed by atoms with Gasteiger partial charge in [0.15, 0.2) is 0 Å². The molecule has 1 amide bonds. The summed E-state index contributed by atoms with van der Waals surface area (Å²) in [6, 6.07) is 2.39. The van der Waals surface area contributed by atoms with Crippen LogP contribution in [0.15, 0.2) is 22.6 Å². The average molecular weight is 348 g/mol. The number of carbonyl (C=O) groups is 1. The van der Waals surface area contributed by atoms with Gasteiger partial charge >= 0.3 is 0 Å². The van der Waals surface area contributed by atoms with Crippen LogP contribution in [0.25, 0.3) is 10.2 Å². The number of amides is 1. The highest BCUT2D eigenvalue weighted by Gasteiger charge is 2.17. The Balaban J connectivity index is 1.45. The van der Waals surface area contributed by atoms with Crippen molar-refractivity contribution in [3.05, 3.63) is 28.1 Å². The number of aromatic nitrogens is 2. The van der Waals surface area contributed by atoms with Crippen LogP contribution in [0.2, 0.25) is 0 Å². The van der Waals surface area contributed by atoms with Gasteiger partial charge in [0.05, 0.1) is 11.7 Å². The summed E-state index contributed by atoms with van der Waals surface area (Å²) in [5.74, 6) is -0.0167. The fraction of sp³-hybridized carbons (Fsp3) is 0.588. The molecule has 1 N–H and O–H groups in total. The Morgan fingerprint density at radius 1 is 1.42 bits per heavy atom. The quantitative estimate of drug-likeness (QED) is 0.865. The predicted molar refractivity (Wildman–Crippen MR) is 96.4 cm³/mol. The summed E-state index contributed by atoms with van der Waals surface area (Å²) in [4.78, 5) is 31.7. The molecule has 0 spiro atoms. The van der Waals surface area contributed by atoms with Gasteiger partial charge in [-0.25, -0.2) is 4.98 Å². The number of rotatable bonds is 6. The van der Waals surface area contributed by atoms with Crippen molar-refractivity contribution >= 4 is 27.5 Å².